The molecule has 17 heavy (non-hydrogen) atoms. The lowest BCUT2D eigenvalue weighted by Gasteiger charge is -2.13. The summed E-state index contributed by atoms with van der Waals surface area (Å²) < 4.78 is 25.4. The van der Waals surface area contributed by atoms with Gasteiger partial charge in [0.2, 0.25) is 5.91 Å². The van der Waals surface area contributed by atoms with Crippen LogP contribution in [0.15, 0.2) is 6.07 Å². The summed E-state index contributed by atoms with van der Waals surface area (Å²) in [5, 5.41) is 8.59. The van der Waals surface area contributed by atoms with Gasteiger partial charge in [-0.2, -0.15) is 5.10 Å². The third kappa shape index (κ3) is 5.60. The number of aryl methyl sites for hydroxylation is 1. The van der Waals surface area contributed by atoms with Gasteiger partial charge in [-0.05, 0) is 13.0 Å². The molecule has 8 heteroatoms. The van der Waals surface area contributed by atoms with Gasteiger partial charge in [-0.1, -0.05) is 0 Å². The minimum atomic E-state index is -3.06. The van der Waals surface area contributed by atoms with Crippen LogP contribution in [-0.4, -0.2) is 35.1 Å². The Morgan fingerprint density at radius 3 is 2.76 bits per heavy atom. The molecule has 0 saturated carbocycles. The van der Waals surface area contributed by atoms with Crippen LogP contribution in [0.5, 0.6) is 0 Å². The number of aromatic nitrogens is 2. The standard InChI is InChI=1S/C9H14F2N4O.ClH/c1-6-2-7(15-14-6)3-8(16)13-5-9(10,11)4-12;/h2H,3-5,12H2,1H3,(H,13,16)(H,14,15);1H. The van der Waals surface area contributed by atoms with Gasteiger partial charge in [0.15, 0.2) is 0 Å². The number of amides is 1. The van der Waals surface area contributed by atoms with E-state index in [1.807, 2.05) is 0 Å². The predicted molar refractivity (Wildman–Crippen MR) is 61.3 cm³/mol. The smallest absolute Gasteiger partial charge is 0.277 e. The molecule has 1 heterocycles. The van der Waals surface area contributed by atoms with Crippen molar-refractivity contribution in [2.75, 3.05) is 13.1 Å². The first-order valence-electron chi connectivity index (χ1n) is 4.78. The molecular formula is C9H15ClF2N4O. The second-order valence-corrected chi connectivity index (χ2v) is 3.56. The Labute approximate surface area is 104 Å². The van der Waals surface area contributed by atoms with E-state index in [1.54, 1.807) is 13.0 Å². The van der Waals surface area contributed by atoms with Crippen molar-refractivity contribution in [2.45, 2.75) is 19.3 Å². The van der Waals surface area contributed by atoms with E-state index in [2.05, 4.69) is 15.5 Å². The van der Waals surface area contributed by atoms with Gasteiger partial charge in [0.25, 0.3) is 5.92 Å². The zero-order chi connectivity index (χ0) is 12.2. The number of H-pyrrole nitrogens is 1. The number of carbonyl (C=O) groups excluding carboxylic acids is 1. The number of nitrogens with two attached hydrogens (primary N) is 1. The molecule has 4 N–H and O–H groups in total. The monoisotopic (exact) mass is 268 g/mol. The van der Waals surface area contributed by atoms with E-state index in [0.29, 0.717) is 5.69 Å². The molecule has 0 atom stereocenters. The molecular weight excluding hydrogens is 254 g/mol. The van der Waals surface area contributed by atoms with E-state index in [-0.39, 0.29) is 18.8 Å². The van der Waals surface area contributed by atoms with Gasteiger partial charge in [0.1, 0.15) is 0 Å². The predicted octanol–water partition coefficient (Wildman–Crippen LogP) is 0.393. The maximum atomic E-state index is 12.7. The first-order valence-corrected chi connectivity index (χ1v) is 4.78. The van der Waals surface area contributed by atoms with Crippen molar-refractivity contribution in [3.05, 3.63) is 17.5 Å². The zero-order valence-electron chi connectivity index (χ0n) is 9.30. The molecule has 1 aromatic heterocycles. The Bertz CT molecular complexity index is 370. The van der Waals surface area contributed by atoms with Gasteiger partial charge in [0, 0.05) is 5.69 Å². The van der Waals surface area contributed by atoms with Crippen LogP contribution >= 0.6 is 12.4 Å². The molecule has 0 radical (unpaired) electrons. The Kier molecular flexibility index (Phi) is 6.04. The van der Waals surface area contributed by atoms with Crippen LogP contribution in [-0.2, 0) is 11.2 Å². The second-order valence-electron chi connectivity index (χ2n) is 3.56. The van der Waals surface area contributed by atoms with E-state index < -0.39 is 24.9 Å². The topological polar surface area (TPSA) is 83.8 Å². The lowest BCUT2D eigenvalue weighted by Crippen LogP contribution is -2.42. The zero-order valence-corrected chi connectivity index (χ0v) is 10.1. The van der Waals surface area contributed by atoms with Gasteiger partial charge in [0.05, 0.1) is 25.2 Å². The summed E-state index contributed by atoms with van der Waals surface area (Å²) in [6.07, 6.45) is -0.0228. The van der Waals surface area contributed by atoms with Crippen molar-refractivity contribution in [1.29, 1.82) is 0 Å². The number of carbonyl (C=O) groups is 1. The highest BCUT2D eigenvalue weighted by Gasteiger charge is 2.27. The summed E-state index contributed by atoms with van der Waals surface area (Å²) in [6, 6.07) is 1.68. The quantitative estimate of drug-likeness (QED) is 0.722. The molecule has 1 rings (SSSR count). The van der Waals surface area contributed by atoms with E-state index in [4.69, 9.17) is 5.73 Å². The van der Waals surface area contributed by atoms with E-state index in [9.17, 15) is 13.6 Å². The van der Waals surface area contributed by atoms with Crippen molar-refractivity contribution in [3.8, 4) is 0 Å². The molecule has 0 aliphatic carbocycles. The largest absolute Gasteiger partial charge is 0.350 e. The Balaban J connectivity index is 0.00000256. The van der Waals surface area contributed by atoms with Crippen molar-refractivity contribution in [3.63, 3.8) is 0 Å². The fourth-order valence-electron chi connectivity index (χ4n) is 1.09. The van der Waals surface area contributed by atoms with Crippen LogP contribution in [0.1, 0.15) is 11.4 Å². The molecule has 5 nitrogen and oxygen atoms in total. The first kappa shape index (κ1) is 15.8. The Morgan fingerprint density at radius 2 is 2.29 bits per heavy atom. The molecule has 0 spiro atoms. The average molecular weight is 269 g/mol. The summed E-state index contributed by atoms with van der Waals surface area (Å²) in [5.41, 5.74) is 6.16. The first-order chi connectivity index (χ1) is 7.43. The highest BCUT2D eigenvalue weighted by molar-refractivity contribution is 5.85. The second kappa shape index (κ2) is 6.51. The van der Waals surface area contributed by atoms with Crippen LogP contribution in [0, 0.1) is 6.92 Å². The SMILES string of the molecule is Cc1cc(CC(=O)NCC(F)(F)CN)n[nH]1.Cl. The number of nitrogens with zero attached hydrogens (tertiary/aromatic N) is 1. The van der Waals surface area contributed by atoms with E-state index >= 15 is 0 Å². The summed E-state index contributed by atoms with van der Waals surface area (Å²) in [6.45, 7) is 0.261. The van der Waals surface area contributed by atoms with Crippen molar-refractivity contribution >= 4 is 18.3 Å². The summed E-state index contributed by atoms with van der Waals surface area (Å²) in [4.78, 5) is 11.2. The maximum absolute atomic E-state index is 12.7. The third-order valence-electron chi connectivity index (χ3n) is 1.94. The fraction of sp³-hybridized carbons (Fsp3) is 0.556. The van der Waals surface area contributed by atoms with Crippen LogP contribution in [0.25, 0.3) is 0 Å². The fourth-order valence-corrected chi connectivity index (χ4v) is 1.09. The number of hydrogen-bond acceptors (Lipinski definition) is 3. The van der Waals surface area contributed by atoms with Crippen LogP contribution in [0.4, 0.5) is 8.78 Å². The van der Waals surface area contributed by atoms with E-state index in [1.165, 1.54) is 0 Å². The lowest BCUT2D eigenvalue weighted by atomic mass is 10.2. The van der Waals surface area contributed by atoms with Gasteiger partial charge >= 0.3 is 0 Å². The van der Waals surface area contributed by atoms with Crippen molar-refractivity contribution in [2.24, 2.45) is 5.73 Å². The van der Waals surface area contributed by atoms with Gasteiger partial charge in [-0.25, -0.2) is 8.78 Å². The minimum Gasteiger partial charge on any atom is -0.350 e. The normalized spacial score (nSPS) is 10.8. The maximum Gasteiger partial charge on any atom is 0.277 e. The molecule has 1 aromatic rings. The molecule has 1 amide bonds. The molecule has 98 valence electrons. The van der Waals surface area contributed by atoms with Gasteiger partial charge < -0.3 is 11.1 Å². The highest BCUT2D eigenvalue weighted by atomic mass is 35.5. The van der Waals surface area contributed by atoms with Crippen molar-refractivity contribution in [1.82, 2.24) is 15.5 Å². The van der Waals surface area contributed by atoms with Gasteiger partial charge in [-0.3, -0.25) is 9.89 Å². The molecule has 0 aliphatic rings. The number of hydrogen-bond donors (Lipinski definition) is 3. The highest BCUT2D eigenvalue weighted by Crippen LogP contribution is 2.08. The molecule has 0 aromatic carbocycles. The molecule has 0 bridgehead atoms. The van der Waals surface area contributed by atoms with Crippen LogP contribution in [0.3, 0.4) is 0 Å². The Hall–Kier alpha value is -1.21. The van der Waals surface area contributed by atoms with Gasteiger partial charge in [-0.15, -0.1) is 12.4 Å². The third-order valence-corrected chi connectivity index (χ3v) is 1.94. The van der Waals surface area contributed by atoms with Crippen LogP contribution in [0.2, 0.25) is 0 Å². The number of nitrogens with one attached hydrogen (secondary N) is 2. The Morgan fingerprint density at radius 1 is 1.65 bits per heavy atom. The molecule has 0 fully saturated rings. The summed E-state index contributed by atoms with van der Waals surface area (Å²) in [7, 11) is 0. The molecule has 0 unspecified atom stereocenters. The van der Waals surface area contributed by atoms with E-state index in [0.717, 1.165) is 5.69 Å². The van der Waals surface area contributed by atoms with Crippen molar-refractivity contribution < 1.29 is 13.6 Å². The number of alkyl halides is 2. The molecule has 0 saturated heterocycles. The lowest BCUT2D eigenvalue weighted by molar-refractivity contribution is -0.122. The minimum absolute atomic E-state index is 0. The number of halogens is 3. The van der Waals surface area contributed by atoms with Crippen LogP contribution < -0.4 is 11.1 Å². The number of rotatable bonds is 5. The summed E-state index contributed by atoms with van der Waals surface area (Å²) >= 11 is 0. The average Bonchev–Trinajstić information content (AvgIpc) is 2.61. The number of aromatic amines is 1. The summed E-state index contributed by atoms with van der Waals surface area (Å²) in [5.74, 6) is -3.56. The molecule has 0 aliphatic heterocycles.